The minimum atomic E-state index is -0.885. The van der Waals surface area contributed by atoms with E-state index in [9.17, 15) is 5.11 Å². The molecule has 3 nitrogen and oxygen atoms in total. The van der Waals surface area contributed by atoms with Crippen LogP contribution in [0.4, 0.5) is 0 Å². The summed E-state index contributed by atoms with van der Waals surface area (Å²) in [4.78, 5) is 4.02. The van der Waals surface area contributed by atoms with Gasteiger partial charge in [-0.15, -0.1) is 0 Å². The summed E-state index contributed by atoms with van der Waals surface area (Å²) in [6.07, 6.45) is 3.58. The number of aliphatic hydroxyl groups is 1. The Bertz CT molecular complexity index is 568. The molecule has 1 N–H and O–H groups in total. The van der Waals surface area contributed by atoms with Crippen LogP contribution in [-0.2, 0) is 11.3 Å². The first-order chi connectivity index (χ1) is 9.79. The summed E-state index contributed by atoms with van der Waals surface area (Å²) in [5, 5.41) is 10.1. The molecule has 0 atom stereocenters. The van der Waals surface area contributed by atoms with Gasteiger partial charge in [-0.2, -0.15) is 0 Å². The fraction of sp³-hybridized carbons (Fsp3) is 0.389. The highest BCUT2D eigenvalue weighted by atomic mass is 16.5. The first-order valence-electron chi connectivity index (χ1n) is 7.15. The van der Waals surface area contributed by atoms with Crippen LogP contribution in [0.1, 0.15) is 33.3 Å². The van der Waals surface area contributed by atoms with Gasteiger partial charge in [0.15, 0.2) is 0 Å². The van der Waals surface area contributed by atoms with Crippen molar-refractivity contribution in [3.63, 3.8) is 0 Å². The highest BCUT2D eigenvalue weighted by molar-refractivity contribution is 5.62. The summed E-state index contributed by atoms with van der Waals surface area (Å²) in [7, 11) is 0. The summed E-state index contributed by atoms with van der Waals surface area (Å²) < 4.78 is 5.87. The molecule has 0 aliphatic carbocycles. The van der Waals surface area contributed by atoms with Gasteiger partial charge in [0.2, 0.25) is 0 Å². The van der Waals surface area contributed by atoms with E-state index in [-0.39, 0.29) is 0 Å². The maximum absolute atomic E-state index is 10.1. The Morgan fingerprint density at radius 1 is 0.905 bits per heavy atom. The Labute approximate surface area is 126 Å². The highest BCUT2D eigenvalue weighted by Crippen LogP contribution is 2.26. The predicted octanol–water partition coefficient (Wildman–Crippen LogP) is 3.81. The molecule has 0 radical (unpaired) electrons. The second-order valence-electron chi connectivity index (χ2n) is 6.29. The fourth-order valence-electron chi connectivity index (χ4n) is 1.78. The number of nitrogens with zero attached hydrogens (tertiary/aromatic N) is 1. The van der Waals surface area contributed by atoms with E-state index >= 15 is 0 Å². The Morgan fingerprint density at radius 3 is 1.95 bits per heavy atom. The lowest BCUT2D eigenvalue weighted by atomic mass is 9.89. The first-order valence-corrected chi connectivity index (χ1v) is 7.15. The third-order valence-corrected chi connectivity index (χ3v) is 4.04. The lowest BCUT2D eigenvalue weighted by Gasteiger charge is -2.37. The zero-order valence-corrected chi connectivity index (χ0v) is 13.1. The third-order valence-electron chi connectivity index (χ3n) is 4.04. The van der Waals surface area contributed by atoms with E-state index in [1.807, 2.05) is 26.0 Å². The van der Waals surface area contributed by atoms with E-state index in [0.717, 1.165) is 16.7 Å². The molecule has 0 saturated heterocycles. The molecule has 21 heavy (non-hydrogen) atoms. The molecular formula is C18H23NO2. The quantitative estimate of drug-likeness (QED) is 0.908. The first kappa shape index (κ1) is 15.7. The second kappa shape index (κ2) is 5.96. The predicted molar refractivity (Wildman–Crippen MR) is 84.8 cm³/mol. The Morgan fingerprint density at radius 2 is 1.43 bits per heavy atom. The smallest absolute Gasteiger partial charge is 0.0911 e. The van der Waals surface area contributed by atoms with Crippen LogP contribution in [0.15, 0.2) is 48.8 Å². The zero-order valence-electron chi connectivity index (χ0n) is 13.1. The van der Waals surface area contributed by atoms with Crippen LogP contribution in [0, 0.1) is 0 Å². The third kappa shape index (κ3) is 3.90. The second-order valence-corrected chi connectivity index (χ2v) is 6.29. The normalized spacial score (nSPS) is 12.4. The number of ether oxygens (including phenoxy) is 1. The molecule has 0 spiro atoms. The molecule has 2 rings (SSSR count). The van der Waals surface area contributed by atoms with Crippen molar-refractivity contribution in [1.29, 1.82) is 0 Å². The molecular weight excluding hydrogens is 262 g/mol. The molecule has 1 heterocycles. The zero-order chi connectivity index (χ0) is 15.5. The number of hydrogen-bond donors (Lipinski definition) is 1. The number of benzene rings is 1. The van der Waals surface area contributed by atoms with Crippen molar-refractivity contribution in [2.24, 2.45) is 0 Å². The van der Waals surface area contributed by atoms with Crippen molar-refractivity contribution in [2.45, 2.75) is 45.5 Å². The molecule has 0 fully saturated rings. The van der Waals surface area contributed by atoms with Gasteiger partial charge in [0.25, 0.3) is 0 Å². The Hall–Kier alpha value is -1.71. The summed E-state index contributed by atoms with van der Waals surface area (Å²) in [6, 6.07) is 12.2. The molecule has 3 heteroatoms. The number of aromatic nitrogens is 1. The van der Waals surface area contributed by atoms with Gasteiger partial charge in [-0.3, -0.25) is 4.98 Å². The summed E-state index contributed by atoms with van der Waals surface area (Å²) in [5.41, 5.74) is 1.91. The molecule has 0 saturated carbocycles. The van der Waals surface area contributed by atoms with E-state index in [0.29, 0.717) is 6.61 Å². The molecule has 1 aromatic carbocycles. The molecule has 0 aliphatic rings. The number of hydrogen-bond acceptors (Lipinski definition) is 3. The van der Waals surface area contributed by atoms with Crippen LogP contribution in [0.3, 0.4) is 0 Å². The lowest BCUT2D eigenvalue weighted by Crippen LogP contribution is -2.47. The Kier molecular flexibility index (Phi) is 4.45. The molecule has 0 unspecified atom stereocenters. The van der Waals surface area contributed by atoms with E-state index in [4.69, 9.17) is 4.74 Å². The van der Waals surface area contributed by atoms with Gasteiger partial charge in [0, 0.05) is 12.4 Å². The molecule has 112 valence electrons. The standard InChI is InChI=1S/C18H23NO2/c1-17(2,20)18(3,4)21-13-14-5-7-15(8-6-14)16-9-11-19-12-10-16/h5-12,20H,13H2,1-4H3. The van der Waals surface area contributed by atoms with Crippen molar-refractivity contribution < 1.29 is 9.84 Å². The lowest BCUT2D eigenvalue weighted by molar-refractivity contribution is -0.153. The van der Waals surface area contributed by atoms with Crippen molar-refractivity contribution in [3.8, 4) is 11.1 Å². The monoisotopic (exact) mass is 285 g/mol. The molecule has 1 aromatic heterocycles. The topological polar surface area (TPSA) is 42.4 Å². The van der Waals surface area contributed by atoms with E-state index in [1.54, 1.807) is 26.2 Å². The van der Waals surface area contributed by atoms with Gasteiger partial charge in [-0.05, 0) is 56.5 Å². The van der Waals surface area contributed by atoms with Crippen LogP contribution >= 0.6 is 0 Å². The van der Waals surface area contributed by atoms with Gasteiger partial charge in [0.05, 0.1) is 17.8 Å². The molecule has 2 aromatic rings. The average Bonchev–Trinajstić information content (AvgIpc) is 2.45. The highest BCUT2D eigenvalue weighted by Gasteiger charge is 2.35. The van der Waals surface area contributed by atoms with E-state index in [2.05, 4.69) is 29.2 Å². The van der Waals surface area contributed by atoms with Crippen LogP contribution in [-0.4, -0.2) is 21.3 Å². The van der Waals surface area contributed by atoms with Crippen molar-refractivity contribution in [1.82, 2.24) is 4.98 Å². The number of rotatable bonds is 5. The van der Waals surface area contributed by atoms with Crippen molar-refractivity contribution in [3.05, 3.63) is 54.4 Å². The van der Waals surface area contributed by atoms with Crippen LogP contribution in [0.25, 0.3) is 11.1 Å². The van der Waals surface area contributed by atoms with Gasteiger partial charge in [0.1, 0.15) is 0 Å². The molecule has 0 bridgehead atoms. The van der Waals surface area contributed by atoms with Crippen molar-refractivity contribution in [2.75, 3.05) is 0 Å². The largest absolute Gasteiger partial charge is 0.387 e. The van der Waals surface area contributed by atoms with E-state index < -0.39 is 11.2 Å². The minimum Gasteiger partial charge on any atom is -0.387 e. The van der Waals surface area contributed by atoms with Gasteiger partial charge in [-0.1, -0.05) is 24.3 Å². The summed E-state index contributed by atoms with van der Waals surface area (Å²) >= 11 is 0. The average molecular weight is 285 g/mol. The van der Waals surface area contributed by atoms with Crippen LogP contribution < -0.4 is 0 Å². The Balaban J connectivity index is 2.04. The summed E-state index contributed by atoms with van der Waals surface area (Å²) in [6.45, 7) is 7.81. The van der Waals surface area contributed by atoms with Gasteiger partial charge in [-0.25, -0.2) is 0 Å². The van der Waals surface area contributed by atoms with Crippen LogP contribution in [0.2, 0.25) is 0 Å². The maximum Gasteiger partial charge on any atom is 0.0911 e. The van der Waals surface area contributed by atoms with E-state index in [1.165, 1.54) is 0 Å². The fourth-order valence-corrected chi connectivity index (χ4v) is 1.78. The number of pyridine rings is 1. The van der Waals surface area contributed by atoms with Crippen molar-refractivity contribution >= 4 is 0 Å². The van der Waals surface area contributed by atoms with Gasteiger partial charge < -0.3 is 9.84 Å². The SMILES string of the molecule is CC(C)(O)C(C)(C)OCc1ccc(-c2ccncc2)cc1. The summed E-state index contributed by atoms with van der Waals surface area (Å²) in [5.74, 6) is 0. The molecule has 0 amide bonds. The minimum absolute atomic E-state index is 0.480. The van der Waals surface area contributed by atoms with Crippen LogP contribution in [0.5, 0.6) is 0 Å². The van der Waals surface area contributed by atoms with Gasteiger partial charge >= 0.3 is 0 Å². The maximum atomic E-state index is 10.1. The molecule has 0 aliphatic heterocycles.